The summed E-state index contributed by atoms with van der Waals surface area (Å²) in [4.78, 5) is 27.1. The summed E-state index contributed by atoms with van der Waals surface area (Å²) in [5.74, 6) is -3.43. The van der Waals surface area contributed by atoms with Crippen LogP contribution in [0.15, 0.2) is 48.8 Å². The second-order valence-electron chi connectivity index (χ2n) is 6.29. The predicted molar refractivity (Wildman–Crippen MR) is 93.5 cm³/mol. The third-order valence-corrected chi connectivity index (χ3v) is 4.28. The predicted octanol–water partition coefficient (Wildman–Crippen LogP) is 2.67. The number of halogens is 4. The van der Waals surface area contributed by atoms with Crippen LogP contribution in [0.2, 0.25) is 0 Å². The lowest BCUT2D eigenvalue weighted by Crippen LogP contribution is -2.41. The number of aliphatic hydroxyl groups excluding tert-OH is 1. The summed E-state index contributed by atoms with van der Waals surface area (Å²) in [7, 11) is 0. The van der Waals surface area contributed by atoms with Crippen molar-refractivity contribution in [2.75, 3.05) is 6.54 Å². The molecule has 0 bridgehead atoms. The number of likely N-dealkylation sites (tertiary alicyclic amines) is 1. The normalized spacial score (nSPS) is 18.7. The average Bonchev–Trinajstić information content (AvgIpc) is 3.02. The largest absolute Gasteiger partial charge is 0.490 e. The maximum Gasteiger partial charge on any atom is 0.490 e. The highest BCUT2D eigenvalue weighted by Crippen LogP contribution is 2.24. The Balaban J connectivity index is 0.000000370. The number of pyridine rings is 1. The Morgan fingerprint density at radius 1 is 1.17 bits per heavy atom. The molecule has 2 aromatic rings. The minimum Gasteiger partial charge on any atom is -0.475 e. The molecular formula is C19H18F4N2O4. The van der Waals surface area contributed by atoms with E-state index in [4.69, 9.17) is 9.90 Å². The van der Waals surface area contributed by atoms with Crippen molar-refractivity contribution in [3.05, 3.63) is 65.7 Å². The lowest BCUT2D eigenvalue weighted by molar-refractivity contribution is -0.192. The number of aliphatic hydroxyl groups is 1. The summed E-state index contributed by atoms with van der Waals surface area (Å²) in [6.07, 6.45) is -1.17. The Hall–Kier alpha value is -3.01. The number of amides is 1. The lowest BCUT2D eigenvalue weighted by Gasteiger charge is -2.26. The molecule has 1 aromatic heterocycles. The van der Waals surface area contributed by atoms with Crippen molar-refractivity contribution in [3.63, 3.8) is 0 Å². The van der Waals surface area contributed by atoms with Gasteiger partial charge < -0.3 is 15.1 Å². The van der Waals surface area contributed by atoms with Crippen molar-refractivity contribution in [3.8, 4) is 0 Å². The van der Waals surface area contributed by atoms with Crippen LogP contribution < -0.4 is 0 Å². The Kier molecular flexibility index (Phi) is 7.27. The molecule has 29 heavy (non-hydrogen) atoms. The van der Waals surface area contributed by atoms with Crippen LogP contribution >= 0.6 is 0 Å². The van der Waals surface area contributed by atoms with Gasteiger partial charge in [-0.2, -0.15) is 13.2 Å². The average molecular weight is 414 g/mol. The summed E-state index contributed by atoms with van der Waals surface area (Å²) in [5, 5.41) is 17.3. The number of aromatic nitrogens is 1. The summed E-state index contributed by atoms with van der Waals surface area (Å²) in [6.45, 7) is 0.478. The summed E-state index contributed by atoms with van der Waals surface area (Å²) < 4.78 is 45.0. The van der Waals surface area contributed by atoms with E-state index in [-0.39, 0.29) is 11.9 Å². The minimum absolute atomic E-state index is 0.241. The van der Waals surface area contributed by atoms with Crippen molar-refractivity contribution in [2.45, 2.75) is 31.2 Å². The Labute approximate surface area is 163 Å². The van der Waals surface area contributed by atoms with E-state index in [9.17, 15) is 27.5 Å². The van der Waals surface area contributed by atoms with Crippen LogP contribution in [-0.4, -0.2) is 56.8 Å². The van der Waals surface area contributed by atoms with Gasteiger partial charge in [0.2, 0.25) is 0 Å². The molecule has 0 spiro atoms. The van der Waals surface area contributed by atoms with E-state index in [1.165, 1.54) is 18.2 Å². The number of hydrogen-bond donors (Lipinski definition) is 2. The molecule has 10 heteroatoms. The van der Waals surface area contributed by atoms with Crippen LogP contribution in [0, 0.1) is 5.82 Å². The number of benzene rings is 1. The molecular weight excluding hydrogens is 396 g/mol. The summed E-state index contributed by atoms with van der Waals surface area (Å²) >= 11 is 0. The first kappa shape index (κ1) is 22.3. The standard InChI is InChI=1S/C17H17FN2O2.C2HF3O2/c18-14-3-1-2-13(11-14)17(22)20-9-6-16(21)15(20)10-12-4-7-19-8-5-12;3-2(4,5)1(6)7/h1-5,7-8,11,15-16,21H,6,9-10H2;(H,6,7)/t15-,16-;/m0./s1. The van der Waals surface area contributed by atoms with Crippen molar-refractivity contribution in [1.82, 2.24) is 9.88 Å². The fraction of sp³-hybridized carbons (Fsp3) is 0.316. The number of nitrogens with zero attached hydrogens (tertiary/aromatic N) is 2. The third kappa shape index (κ3) is 6.24. The van der Waals surface area contributed by atoms with Gasteiger partial charge in [-0.25, -0.2) is 9.18 Å². The van der Waals surface area contributed by atoms with Gasteiger partial charge in [0.25, 0.3) is 5.91 Å². The topological polar surface area (TPSA) is 90.7 Å². The molecule has 2 N–H and O–H groups in total. The molecule has 0 radical (unpaired) electrons. The third-order valence-electron chi connectivity index (χ3n) is 4.28. The molecule has 156 valence electrons. The molecule has 2 atom stereocenters. The van der Waals surface area contributed by atoms with E-state index >= 15 is 0 Å². The Morgan fingerprint density at radius 3 is 2.34 bits per heavy atom. The van der Waals surface area contributed by atoms with Gasteiger partial charge >= 0.3 is 12.1 Å². The maximum atomic E-state index is 13.3. The van der Waals surface area contributed by atoms with Crippen LogP contribution in [0.4, 0.5) is 17.6 Å². The Morgan fingerprint density at radius 2 is 1.79 bits per heavy atom. The molecule has 1 fully saturated rings. The quantitative estimate of drug-likeness (QED) is 0.754. The molecule has 0 aliphatic carbocycles. The van der Waals surface area contributed by atoms with Gasteiger partial charge in [-0.15, -0.1) is 0 Å². The number of hydrogen-bond acceptors (Lipinski definition) is 4. The van der Waals surface area contributed by atoms with E-state index in [2.05, 4.69) is 4.98 Å². The van der Waals surface area contributed by atoms with E-state index in [0.717, 1.165) is 5.56 Å². The van der Waals surface area contributed by atoms with Gasteiger partial charge in [0, 0.05) is 24.5 Å². The molecule has 1 aromatic carbocycles. The molecule has 0 saturated carbocycles. The van der Waals surface area contributed by atoms with Gasteiger partial charge in [-0.3, -0.25) is 9.78 Å². The fourth-order valence-corrected chi connectivity index (χ4v) is 2.88. The highest BCUT2D eigenvalue weighted by Gasteiger charge is 2.38. The SMILES string of the molecule is O=C(O)C(F)(F)F.O=C(c1cccc(F)c1)N1CC[C@H](O)[C@@H]1Cc1ccncc1. The molecule has 1 aliphatic heterocycles. The molecule has 3 rings (SSSR count). The second kappa shape index (κ2) is 9.46. The molecule has 6 nitrogen and oxygen atoms in total. The lowest BCUT2D eigenvalue weighted by atomic mass is 10.0. The fourth-order valence-electron chi connectivity index (χ4n) is 2.88. The highest BCUT2D eigenvalue weighted by molar-refractivity contribution is 5.94. The van der Waals surface area contributed by atoms with Crippen LogP contribution in [0.25, 0.3) is 0 Å². The van der Waals surface area contributed by atoms with E-state index in [0.29, 0.717) is 24.9 Å². The zero-order valence-corrected chi connectivity index (χ0v) is 15.0. The van der Waals surface area contributed by atoms with E-state index in [1.54, 1.807) is 23.4 Å². The minimum atomic E-state index is -5.08. The van der Waals surface area contributed by atoms with Crippen LogP contribution in [-0.2, 0) is 11.2 Å². The second-order valence-corrected chi connectivity index (χ2v) is 6.29. The zero-order valence-electron chi connectivity index (χ0n) is 15.0. The number of carboxylic acids is 1. The number of alkyl halides is 3. The van der Waals surface area contributed by atoms with Crippen LogP contribution in [0.5, 0.6) is 0 Å². The highest BCUT2D eigenvalue weighted by atomic mass is 19.4. The number of carboxylic acid groups (broad SMARTS) is 1. The monoisotopic (exact) mass is 414 g/mol. The van der Waals surface area contributed by atoms with Gasteiger partial charge in [0.15, 0.2) is 0 Å². The molecule has 2 heterocycles. The van der Waals surface area contributed by atoms with Crippen molar-refractivity contribution >= 4 is 11.9 Å². The van der Waals surface area contributed by atoms with Gasteiger partial charge in [0.1, 0.15) is 5.82 Å². The summed E-state index contributed by atoms with van der Waals surface area (Å²) in [6, 6.07) is 9.11. The first-order chi connectivity index (χ1) is 13.6. The van der Waals surface area contributed by atoms with Crippen LogP contribution in [0.3, 0.4) is 0 Å². The van der Waals surface area contributed by atoms with Crippen molar-refractivity contribution in [1.29, 1.82) is 0 Å². The van der Waals surface area contributed by atoms with E-state index < -0.39 is 24.1 Å². The molecule has 1 amide bonds. The van der Waals surface area contributed by atoms with Crippen molar-refractivity contribution < 1.29 is 37.4 Å². The summed E-state index contributed by atoms with van der Waals surface area (Å²) in [5.41, 5.74) is 1.33. The van der Waals surface area contributed by atoms with E-state index in [1.807, 2.05) is 12.1 Å². The molecule has 1 aliphatic rings. The Bertz CT molecular complexity index is 846. The first-order valence-electron chi connectivity index (χ1n) is 8.53. The van der Waals surface area contributed by atoms with Gasteiger partial charge in [-0.05, 0) is 48.7 Å². The number of carbonyl (C=O) groups is 2. The zero-order chi connectivity index (χ0) is 21.6. The van der Waals surface area contributed by atoms with Crippen LogP contribution in [0.1, 0.15) is 22.3 Å². The maximum absolute atomic E-state index is 13.3. The number of rotatable bonds is 3. The first-order valence-corrected chi connectivity index (χ1v) is 8.53. The van der Waals surface area contributed by atoms with Gasteiger partial charge in [-0.1, -0.05) is 6.07 Å². The number of carbonyl (C=O) groups excluding carboxylic acids is 1. The molecule has 1 saturated heterocycles. The smallest absolute Gasteiger partial charge is 0.475 e. The van der Waals surface area contributed by atoms with Crippen molar-refractivity contribution in [2.24, 2.45) is 0 Å². The van der Waals surface area contributed by atoms with Gasteiger partial charge in [0.05, 0.1) is 12.1 Å². The molecule has 0 unspecified atom stereocenters. The number of aliphatic carboxylic acids is 1.